The first-order valence-electron chi connectivity index (χ1n) is 9.91. The number of carbonyl (C=O) groups is 2. The second-order valence-electron chi connectivity index (χ2n) is 6.99. The molecule has 1 aliphatic heterocycles. The average molecular weight is 381 g/mol. The first-order chi connectivity index (χ1) is 13.7. The molecule has 0 bridgehead atoms. The van der Waals surface area contributed by atoms with Gasteiger partial charge >= 0.3 is 5.97 Å². The molecular formula is C23H27NO4. The first-order valence-corrected chi connectivity index (χ1v) is 9.91. The zero-order valence-corrected chi connectivity index (χ0v) is 16.3. The Bertz CT molecular complexity index is 790. The fourth-order valence-electron chi connectivity index (χ4n) is 3.54. The molecule has 2 aromatic carbocycles. The van der Waals surface area contributed by atoms with E-state index in [0.717, 1.165) is 37.8 Å². The number of hydrogen-bond acceptors (Lipinski definition) is 4. The third-order valence-corrected chi connectivity index (χ3v) is 5.09. The van der Waals surface area contributed by atoms with Crippen molar-refractivity contribution in [3.63, 3.8) is 0 Å². The van der Waals surface area contributed by atoms with Crippen molar-refractivity contribution in [1.29, 1.82) is 0 Å². The topological polar surface area (TPSA) is 55.8 Å². The van der Waals surface area contributed by atoms with E-state index in [-0.39, 0.29) is 18.6 Å². The summed E-state index contributed by atoms with van der Waals surface area (Å²) >= 11 is 0. The lowest BCUT2D eigenvalue weighted by molar-refractivity contribution is -0.138. The van der Waals surface area contributed by atoms with Gasteiger partial charge in [-0.25, -0.2) is 4.79 Å². The van der Waals surface area contributed by atoms with Crippen LogP contribution < -0.4 is 4.74 Å². The number of rotatable bonds is 7. The number of amides is 1. The standard InChI is InChI=1S/C23H27NO4/c1-2-19-12-8-9-15-24(19)22(25)17-28-23(26)20-13-6-7-14-21(20)27-16-18-10-4-3-5-11-18/h3-7,10-11,13-14,19H,2,8-9,12,15-17H2,1H3. The van der Waals surface area contributed by atoms with E-state index in [1.54, 1.807) is 18.2 Å². The Hall–Kier alpha value is -2.82. The van der Waals surface area contributed by atoms with Crippen LogP contribution in [0.3, 0.4) is 0 Å². The van der Waals surface area contributed by atoms with Crippen molar-refractivity contribution >= 4 is 11.9 Å². The molecule has 0 N–H and O–H groups in total. The number of ether oxygens (including phenoxy) is 2. The highest BCUT2D eigenvalue weighted by atomic mass is 16.5. The third kappa shape index (κ3) is 5.12. The molecule has 2 aromatic rings. The van der Waals surface area contributed by atoms with Crippen molar-refractivity contribution in [2.45, 2.75) is 45.3 Å². The summed E-state index contributed by atoms with van der Waals surface area (Å²) in [6.45, 7) is 2.95. The number of hydrogen-bond donors (Lipinski definition) is 0. The number of nitrogens with zero attached hydrogens (tertiary/aromatic N) is 1. The molecule has 1 unspecified atom stereocenters. The molecule has 1 heterocycles. The highest BCUT2D eigenvalue weighted by Gasteiger charge is 2.26. The lowest BCUT2D eigenvalue weighted by atomic mass is 10.00. The maximum absolute atomic E-state index is 12.5. The summed E-state index contributed by atoms with van der Waals surface area (Å²) in [7, 11) is 0. The van der Waals surface area contributed by atoms with Crippen LogP contribution in [0.2, 0.25) is 0 Å². The molecule has 1 amide bonds. The Kier molecular flexibility index (Phi) is 7.06. The van der Waals surface area contributed by atoms with Gasteiger partial charge in [0.15, 0.2) is 6.61 Å². The summed E-state index contributed by atoms with van der Waals surface area (Å²) in [5, 5.41) is 0. The molecule has 148 valence electrons. The van der Waals surface area contributed by atoms with Crippen LogP contribution >= 0.6 is 0 Å². The van der Waals surface area contributed by atoms with Gasteiger partial charge in [0, 0.05) is 12.6 Å². The second-order valence-corrected chi connectivity index (χ2v) is 6.99. The van der Waals surface area contributed by atoms with Crippen molar-refractivity contribution in [1.82, 2.24) is 4.90 Å². The van der Waals surface area contributed by atoms with Gasteiger partial charge in [-0.05, 0) is 43.4 Å². The van der Waals surface area contributed by atoms with Gasteiger partial charge in [0.05, 0.1) is 0 Å². The van der Waals surface area contributed by atoms with Crippen LogP contribution in [0.1, 0.15) is 48.5 Å². The number of piperidine rings is 1. The largest absolute Gasteiger partial charge is 0.488 e. The predicted octanol–water partition coefficient (Wildman–Crippen LogP) is 4.21. The van der Waals surface area contributed by atoms with Gasteiger partial charge < -0.3 is 14.4 Å². The van der Waals surface area contributed by atoms with Crippen LogP contribution in [0.4, 0.5) is 0 Å². The Morgan fingerprint density at radius 3 is 2.57 bits per heavy atom. The predicted molar refractivity (Wildman–Crippen MR) is 107 cm³/mol. The van der Waals surface area contributed by atoms with Crippen molar-refractivity contribution in [3.05, 3.63) is 65.7 Å². The Morgan fingerprint density at radius 1 is 1.04 bits per heavy atom. The normalized spacial score (nSPS) is 16.5. The van der Waals surface area contributed by atoms with E-state index in [1.165, 1.54) is 0 Å². The Morgan fingerprint density at radius 2 is 1.79 bits per heavy atom. The fourth-order valence-corrected chi connectivity index (χ4v) is 3.54. The molecular weight excluding hydrogens is 354 g/mol. The van der Waals surface area contributed by atoms with Crippen LogP contribution in [0, 0.1) is 0 Å². The van der Waals surface area contributed by atoms with Crippen molar-refractivity contribution < 1.29 is 19.1 Å². The van der Waals surface area contributed by atoms with Crippen LogP contribution in [0.5, 0.6) is 5.75 Å². The SMILES string of the molecule is CCC1CCCCN1C(=O)COC(=O)c1ccccc1OCc1ccccc1. The minimum atomic E-state index is -0.540. The molecule has 1 aliphatic rings. The van der Waals surface area contributed by atoms with Gasteiger partial charge in [0.2, 0.25) is 0 Å². The summed E-state index contributed by atoms with van der Waals surface area (Å²) in [4.78, 5) is 26.9. The van der Waals surface area contributed by atoms with Gasteiger partial charge in [0.1, 0.15) is 17.9 Å². The molecule has 0 radical (unpaired) electrons. The second kappa shape index (κ2) is 9.93. The first kappa shape index (κ1) is 19.9. The molecule has 1 atom stereocenters. The zero-order chi connectivity index (χ0) is 19.8. The summed E-state index contributed by atoms with van der Waals surface area (Å²) in [5.41, 5.74) is 1.34. The molecule has 0 spiro atoms. The number of likely N-dealkylation sites (tertiary alicyclic amines) is 1. The summed E-state index contributed by atoms with van der Waals surface area (Å²) in [6.07, 6.45) is 4.10. The van der Waals surface area contributed by atoms with Gasteiger partial charge in [-0.3, -0.25) is 4.79 Å². The van der Waals surface area contributed by atoms with E-state index < -0.39 is 5.97 Å². The summed E-state index contributed by atoms with van der Waals surface area (Å²) in [5.74, 6) is -0.210. The van der Waals surface area contributed by atoms with Gasteiger partial charge in [-0.1, -0.05) is 49.4 Å². The Balaban J connectivity index is 1.59. The van der Waals surface area contributed by atoms with E-state index in [4.69, 9.17) is 9.47 Å². The highest BCUT2D eigenvalue weighted by Crippen LogP contribution is 2.22. The minimum absolute atomic E-state index is 0.123. The highest BCUT2D eigenvalue weighted by molar-refractivity contribution is 5.94. The van der Waals surface area contributed by atoms with E-state index in [2.05, 4.69) is 6.92 Å². The van der Waals surface area contributed by atoms with Gasteiger partial charge in [-0.15, -0.1) is 0 Å². The lowest BCUT2D eigenvalue weighted by Crippen LogP contribution is -2.45. The van der Waals surface area contributed by atoms with Crippen molar-refractivity contribution in [3.8, 4) is 5.75 Å². The quantitative estimate of drug-likeness (QED) is 0.674. The molecule has 0 aromatic heterocycles. The van der Waals surface area contributed by atoms with E-state index in [9.17, 15) is 9.59 Å². The average Bonchev–Trinajstić information content (AvgIpc) is 2.76. The smallest absolute Gasteiger partial charge is 0.342 e. The summed E-state index contributed by atoms with van der Waals surface area (Å²) < 4.78 is 11.1. The maximum atomic E-state index is 12.5. The van der Waals surface area contributed by atoms with Crippen LogP contribution in [0.25, 0.3) is 0 Å². The molecule has 0 saturated carbocycles. The number of para-hydroxylation sites is 1. The molecule has 5 nitrogen and oxygen atoms in total. The summed E-state index contributed by atoms with van der Waals surface area (Å²) in [6, 6.07) is 16.9. The molecule has 3 rings (SSSR count). The van der Waals surface area contributed by atoms with Crippen molar-refractivity contribution in [2.75, 3.05) is 13.2 Å². The number of esters is 1. The van der Waals surface area contributed by atoms with Crippen LogP contribution in [-0.2, 0) is 16.1 Å². The van der Waals surface area contributed by atoms with Crippen molar-refractivity contribution in [2.24, 2.45) is 0 Å². The Labute approximate surface area is 166 Å². The molecule has 1 fully saturated rings. The van der Waals surface area contributed by atoms with E-state index in [1.807, 2.05) is 41.3 Å². The minimum Gasteiger partial charge on any atom is -0.488 e. The van der Waals surface area contributed by atoms with Gasteiger partial charge in [0.25, 0.3) is 5.91 Å². The van der Waals surface area contributed by atoms with Crippen LogP contribution in [0.15, 0.2) is 54.6 Å². The fraction of sp³-hybridized carbons (Fsp3) is 0.391. The van der Waals surface area contributed by atoms with Crippen LogP contribution in [-0.4, -0.2) is 36.0 Å². The lowest BCUT2D eigenvalue weighted by Gasteiger charge is -2.35. The molecule has 0 aliphatic carbocycles. The van der Waals surface area contributed by atoms with E-state index >= 15 is 0 Å². The monoisotopic (exact) mass is 381 g/mol. The van der Waals surface area contributed by atoms with Gasteiger partial charge in [-0.2, -0.15) is 0 Å². The number of benzene rings is 2. The molecule has 5 heteroatoms. The number of carbonyl (C=O) groups excluding carboxylic acids is 2. The third-order valence-electron chi connectivity index (χ3n) is 5.09. The molecule has 28 heavy (non-hydrogen) atoms. The van der Waals surface area contributed by atoms with E-state index in [0.29, 0.717) is 17.9 Å². The molecule has 1 saturated heterocycles. The zero-order valence-electron chi connectivity index (χ0n) is 16.3. The maximum Gasteiger partial charge on any atom is 0.342 e.